The molecule has 1 amide bonds. The van der Waals surface area contributed by atoms with E-state index in [9.17, 15) is 13.2 Å². The molecular formula is C23H22Cl2N2O4S. The molecule has 168 valence electrons. The maximum Gasteiger partial charge on any atom is 0.261 e. The Kier molecular flexibility index (Phi) is 8.01. The molecule has 0 atom stereocenters. The highest BCUT2D eigenvalue weighted by atomic mass is 35.5. The third-order valence-electron chi connectivity index (χ3n) is 4.40. The molecule has 0 fully saturated rings. The summed E-state index contributed by atoms with van der Waals surface area (Å²) in [6.07, 6.45) is 0.835. The van der Waals surface area contributed by atoms with Crippen LogP contribution in [0.4, 0.5) is 11.4 Å². The van der Waals surface area contributed by atoms with Gasteiger partial charge in [-0.3, -0.25) is 9.52 Å². The normalized spacial score (nSPS) is 11.1. The summed E-state index contributed by atoms with van der Waals surface area (Å²) in [5.74, 6) is 0.585. The first-order chi connectivity index (χ1) is 15.2. The maximum atomic E-state index is 12.6. The Morgan fingerprint density at radius 1 is 0.906 bits per heavy atom. The van der Waals surface area contributed by atoms with Gasteiger partial charge in [0.15, 0.2) is 0 Å². The van der Waals surface area contributed by atoms with Crippen molar-refractivity contribution < 1.29 is 17.9 Å². The van der Waals surface area contributed by atoms with Crippen LogP contribution in [0, 0.1) is 6.92 Å². The topological polar surface area (TPSA) is 84.5 Å². The predicted molar refractivity (Wildman–Crippen MR) is 128 cm³/mol. The Bertz CT molecular complexity index is 1160. The second-order valence-corrected chi connectivity index (χ2v) is 9.66. The van der Waals surface area contributed by atoms with Crippen LogP contribution in [0.15, 0.2) is 71.6 Å². The van der Waals surface area contributed by atoms with E-state index in [0.717, 1.165) is 11.3 Å². The minimum absolute atomic E-state index is 0.0399. The molecule has 3 rings (SSSR count). The van der Waals surface area contributed by atoms with Crippen molar-refractivity contribution >= 4 is 50.5 Å². The Balaban J connectivity index is 1.49. The number of benzene rings is 3. The van der Waals surface area contributed by atoms with Gasteiger partial charge in [0.1, 0.15) is 5.75 Å². The zero-order chi connectivity index (χ0) is 23.1. The van der Waals surface area contributed by atoms with Crippen molar-refractivity contribution in [2.24, 2.45) is 0 Å². The van der Waals surface area contributed by atoms with Crippen LogP contribution in [0.3, 0.4) is 0 Å². The van der Waals surface area contributed by atoms with E-state index in [2.05, 4.69) is 10.0 Å². The fourth-order valence-corrected chi connectivity index (χ4v) is 4.39. The highest BCUT2D eigenvalue weighted by Gasteiger charge is 2.15. The Hall–Kier alpha value is -2.74. The number of aryl methyl sites for hydroxylation is 1. The highest BCUT2D eigenvalue weighted by molar-refractivity contribution is 7.92. The second kappa shape index (κ2) is 10.7. The number of rotatable bonds is 9. The standard InChI is InChI=1S/C23H22Cl2N2O4S/c1-16-4-8-21(9-5-16)31-12-2-3-23(28)26-19-6-10-22(11-7-19)32(29,30)27-20-14-17(24)13-18(25)15-20/h4-11,13-15,27H,2-3,12H2,1H3,(H,26,28). The first kappa shape index (κ1) is 23.9. The molecule has 0 unspecified atom stereocenters. The molecule has 0 aliphatic rings. The van der Waals surface area contributed by atoms with Crippen molar-refractivity contribution in [2.45, 2.75) is 24.7 Å². The Morgan fingerprint density at radius 3 is 2.16 bits per heavy atom. The largest absolute Gasteiger partial charge is 0.494 e. The average molecular weight is 493 g/mol. The lowest BCUT2D eigenvalue weighted by molar-refractivity contribution is -0.116. The lowest BCUT2D eigenvalue weighted by atomic mass is 10.2. The van der Waals surface area contributed by atoms with E-state index in [1.54, 1.807) is 0 Å². The fourth-order valence-electron chi connectivity index (χ4n) is 2.82. The third-order valence-corrected chi connectivity index (χ3v) is 6.23. The summed E-state index contributed by atoms with van der Waals surface area (Å²) in [6.45, 7) is 2.43. The Labute approximate surface area is 197 Å². The van der Waals surface area contributed by atoms with E-state index in [4.69, 9.17) is 27.9 Å². The van der Waals surface area contributed by atoms with Crippen LogP contribution < -0.4 is 14.8 Å². The van der Waals surface area contributed by atoms with Crippen molar-refractivity contribution in [1.29, 1.82) is 0 Å². The second-order valence-electron chi connectivity index (χ2n) is 7.10. The van der Waals surface area contributed by atoms with E-state index in [1.807, 2.05) is 31.2 Å². The number of carbonyl (C=O) groups is 1. The molecule has 6 nitrogen and oxygen atoms in total. The number of carbonyl (C=O) groups excluding carboxylic acids is 1. The van der Waals surface area contributed by atoms with Crippen LogP contribution in [0.5, 0.6) is 5.75 Å². The Morgan fingerprint density at radius 2 is 1.53 bits per heavy atom. The molecule has 0 radical (unpaired) electrons. The molecule has 0 spiro atoms. The summed E-state index contributed by atoms with van der Waals surface area (Å²) in [6, 6.07) is 18.0. The van der Waals surface area contributed by atoms with Gasteiger partial charge in [-0.2, -0.15) is 0 Å². The van der Waals surface area contributed by atoms with E-state index in [-0.39, 0.29) is 22.9 Å². The molecule has 0 aromatic heterocycles. The van der Waals surface area contributed by atoms with Gasteiger partial charge in [0.05, 0.1) is 17.2 Å². The number of hydrogen-bond donors (Lipinski definition) is 2. The third kappa shape index (κ3) is 7.15. The van der Waals surface area contributed by atoms with Crippen molar-refractivity contribution in [2.75, 3.05) is 16.6 Å². The van der Waals surface area contributed by atoms with Crippen molar-refractivity contribution in [3.8, 4) is 5.75 Å². The molecule has 3 aromatic rings. The van der Waals surface area contributed by atoms with Crippen LogP contribution in [-0.4, -0.2) is 20.9 Å². The summed E-state index contributed by atoms with van der Waals surface area (Å²) in [5, 5.41) is 3.38. The zero-order valence-corrected chi connectivity index (χ0v) is 19.6. The number of halogens is 2. The van der Waals surface area contributed by atoms with Crippen molar-refractivity contribution in [3.05, 3.63) is 82.3 Å². The molecule has 0 saturated carbocycles. The molecule has 0 aliphatic carbocycles. The monoisotopic (exact) mass is 492 g/mol. The fraction of sp³-hybridized carbons (Fsp3) is 0.174. The number of ether oxygens (including phenoxy) is 1. The molecule has 9 heteroatoms. The molecule has 0 saturated heterocycles. The number of nitrogens with one attached hydrogen (secondary N) is 2. The summed E-state index contributed by atoms with van der Waals surface area (Å²) in [5.41, 5.74) is 1.91. The van der Waals surface area contributed by atoms with Crippen molar-refractivity contribution in [1.82, 2.24) is 0 Å². The maximum absolute atomic E-state index is 12.6. The summed E-state index contributed by atoms with van der Waals surface area (Å²) >= 11 is 11.8. The number of sulfonamides is 1. The van der Waals surface area contributed by atoms with Crippen LogP contribution in [0.1, 0.15) is 18.4 Å². The minimum Gasteiger partial charge on any atom is -0.494 e. The van der Waals surface area contributed by atoms with Crippen LogP contribution >= 0.6 is 23.2 Å². The lowest BCUT2D eigenvalue weighted by Crippen LogP contribution is -2.14. The van der Waals surface area contributed by atoms with Gasteiger partial charge >= 0.3 is 0 Å². The quantitative estimate of drug-likeness (QED) is 0.364. The minimum atomic E-state index is -3.84. The van der Waals surface area contributed by atoms with Crippen LogP contribution in [0.2, 0.25) is 10.0 Å². The van der Waals surface area contributed by atoms with Crippen LogP contribution in [-0.2, 0) is 14.8 Å². The van der Waals surface area contributed by atoms with E-state index in [0.29, 0.717) is 28.8 Å². The summed E-state index contributed by atoms with van der Waals surface area (Å²) in [7, 11) is -3.84. The molecule has 0 bridgehead atoms. The molecule has 0 heterocycles. The number of anilines is 2. The lowest BCUT2D eigenvalue weighted by Gasteiger charge is -2.10. The van der Waals surface area contributed by atoms with Crippen molar-refractivity contribution in [3.63, 3.8) is 0 Å². The smallest absolute Gasteiger partial charge is 0.261 e. The molecular weight excluding hydrogens is 471 g/mol. The molecule has 3 aromatic carbocycles. The first-order valence-electron chi connectivity index (χ1n) is 9.79. The molecule has 0 aliphatic heterocycles. The number of amides is 1. The molecule has 32 heavy (non-hydrogen) atoms. The van der Waals surface area contributed by atoms with Gasteiger partial charge in [-0.15, -0.1) is 0 Å². The van der Waals surface area contributed by atoms with Gasteiger partial charge in [0.2, 0.25) is 5.91 Å². The van der Waals surface area contributed by atoms with Gasteiger partial charge in [-0.1, -0.05) is 40.9 Å². The van der Waals surface area contributed by atoms with Gasteiger partial charge in [0.25, 0.3) is 10.0 Å². The summed E-state index contributed by atoms with van der Waals surface area (Å²) < 4.78 is 33.2. The van der Waals surface area contributed by atoms with Gasteiger partial charge in [0, 0.05) is 22.2 Å². The number of hydrogen-bond acceptors (Lipinski definition) is 4. The van der Waals surface area contributed by atoms with Gasteiger partial charge in [-0.05, 0) is 67.9 Å². The molecule has 2 N–H and O–H groups in total. The zero-order valence-electron chi connectivity index (χ0n) is 17.3. The van der Waals surface area contributed by atoms with E-state index >= 15 is 0 Å². The average Bonchev–Trinajstić information content (AvgIpc) is 2.72. The van der Waals surface area contributed by atoms with Gasteiger partial charge in [-0.25, -0.2) is 8.42 Å². The SMILES string of the molecule is Cc1ccc(OCCCC(=O)Nc2ccc(S(=O)(=O)Nc3cc(Cl)cc(Cl)c3)cc2)cc1. The summed E-state index contributed by atoms with van der Waals surface area (Å²) in [4.78, 5) is 12.2. The van der Waals surface area contributed by atoms with Gasteiger partial charge < -0.3 is 10.1 Å². The predicted octanol–water partition coefficient (Wildman–Crippen LogP) is 5.90. The highest BCUT2D eigenvalue weighted by Crippen LogP contribution is 2.25. The first-order valence-corrected chi connectivity index (χ1v) is 12.0. The van der Waals surface area contributed by atoms with E-state index < -0.39 is 10.0 Å². The van der Waals surface area contributed by atoms with E-state index in [1.165, 1.54) is 42.5 Å². The van der Waals surface area contributed by atoms with Crippen LogP contribution in [0.25, 0.3) is 0 Å².